The van der Waals surface area contributed by atoms with Gasteiger partial charge in [0.05, 0.1) is 12.7 Å². The van der Waals surface area contributed by atoms with Crippen molar-refractivity contribution in [2.75, 3.05) is 13.2 Å². The predicted molar refractivity (Wildman–Crippen MR) is 75.8 cm³/mol. The monoisotopic (exact) mass is 265 g/mol. The minimum atomic E-state index is -0.172. The molecule has 0 saturated heterocycles. The molecule has 2 rings (SSSR count). The highest BCUT2D eigenvalue weighted by atomic mass is 19.1. The van der Waals surface area contributed by atoms with E-state index >= 15 is 0 Å². The molecule has 1 aromatic rings. The summed E-state index contributed by atoms with van der Waals surface area (Å²) < 4.78 is 18.6. The molecule has 1 atom stereocenters. The van der Waals surface area contributed by atoms with Gasteiger partial charge in [0.15, 0.2) is 0 Å². The number of rotatable bonds is 7. The largest absolute Gasteiger partial charge is 0.377 e. The Morgan fingerprint density at radius 2 is 1.95 bits per heavy atom. The molecule has 1 aliphatic carbocycles. The number of halogens is 1. The molecular weight excluding hydrogens is 241 g/mol. The molecule has 0 radical (unpaired) electrons. The van der Waals surface area contributed by atoms with Crippen LogP contribution in [0, 0.1) is 5.82 Å². The molecular formula is C16H24FNO. The molecule has 19 heavy (non-hydrogen) atoms. The average molecular weight is 265 g/mol. The van der Waals surface area contributed by atoms with Crippen molar-refractivity contribution in [2.24, 2.45) is 0 Å². The van der Waals surface area contributed by atoms with Crippen LogP contribution in [-0.4, -0.2) is 25.3 Å². The van der Waals surface area contributed by atoms with Gasteiger partial charge in [-0.3, -0.25) is 0 Å². The van der Waals surface area contributed by atoms with Gasteiger partial charge in [-0.15, -0.1) is 0 Å². The standard InChI is InChI=1S/C16H24FNO/c1-13(12-14-6-8-15(17)9-7-14)18-10-11-19-16-4-2-3-5-16/h6-9,13,16,18H,2-5,10-12H2,1H3. The first-order valence-corrected chi connectivity index (χ1v) is 7.33. The van der Waals surface area contributed by atoms with Crippen molar-refractivity contribution < 1.29 is 9.13 Å². The molecule has 0 aromatic heterocycles. The first kappa shape index (κ1) is 14.5. The van der Waals surface area contributed by atoms with Crippen molar-refractivity contribution in [3.63, 3.8) is 0 Å². The van der Waals surface area contributed by atoms with Gasteiger partial charge in [0.2, 0.25) is 0 Å². The van der Waals surface area contributed by atoms with Crippen molar-refractivity contribution in [1.29, 1.82) is 0 Å². The molecule has 1 saturated carbocycles. The van der Waals surface area contributed by atoms with Crippen LogP contribution in [0.3, 0.4) is 0 Å². The van der Waals surface area contributed by atoms with Gasteiger partial charge in [-0.05, 0) is 43.9 Å². The van der Waals surface area contributed by atoms with E-state index in [1.165, 1.54) is 37.8 Å². The van der Waals surface area contributed by atoms with Crippen LogP contribution >= 0.6 is 0 Å². The van der Waals surface area contributed by atoms with E-state index in [-0.39, 0.29) is 5.82 Å². The van der Waals surface area contributed by atoms with Gasteiger partial charge in [0.1, 0.15) is 5.82 Å². The Bertz CT molecular complexity index is 360. The highest BCUT2D eigenvalue weighted by molar-refractivity contribution is 5.16. The van der Waals surface area contributed by atoms with Gasteiger partial charge in [-0.25, -0.2) is 4.39 Å². The van der Waals surface area contributed by atoms with E-state index in [0.717, 1.165) is 25.1 Å². The zero-order valence-electron chi connectivity index (χ0n) is 11.7. The number of ether oxygens (including phenoxy) is 1. The molecule has 106 valence electrons. The van der Waals surface area contributed by atoms with E-state index in [1.807, 2.05) is 12.1 Å². The van der Waals surface area contributed by atoms with Gasteiger partial charge in [0, 0.05) is 12.6 Å². The van der Waals surface area contributed by atoms with Crippen LogP contribution in [0.15, 0.2) is 24.3 Å². The second-order valence-electron chi connectivity index (χ2n) is 5.46. The Morgan fingerprint density at radius 1 is 1.26 bits per heavy atom. The third kappa shape index (κ3) is 5.29. The first-order valence-electron chi connectivity index (χ1n) is 7.33. The Hall–Kier alpha value is -0.930. The van der Waals surface area contributed by atoms with Crippen LogP contribution in [0.5, 0.6) is 0 Å². The van der Waals surface area contributed by atoms with Crippen LogP contribution in [0.4, 0.5) is 4.39 Å². The molecule has 0 aliphatic heterocycles. The molecule has 1 aliphatic rings. The third-order valence-electron chi connectivity index (χ3n) is 3.71. The summed E-state index contributed by atoms with van der Waals surface area (Å²) in [7, 11) is 0. The zero-order chi connectivity index (χ0) is 13.5. The molecule has 1 unspecified atom stereocenters. The van der Waals surface area contributed by atoms with Crippen LogP contribution in [0.2, 0.25) is 0 Å². The van der Waals surface area contributed by atoms with Crippen molar-refractivity contribution >= 4 is 0 Å². The summed E-state index contributed by atoms with van der Waals surface area (Å²) in [5.41, 5.74) is 1.16. The summed E-state index contributed by atoms with van der Waals surface area (Å²) in [6.45, 7) is 3.83. The summed E-state index contributed by atoms with van der Waals surface area (Å²) in [4.78, 5) is 0. The molecule has 1 fully saturated rings. The van der Waals surface area contributed by atoms with Crippen LogP contribution in [-0.2, 0) is 11.2 Å². The predicted octanol–water partition coefficient (Wildman–Crippen LogP) is 3.31. The fourth-order valence-electron chi connectivity index (χ4n) is 2.63. The molecule has 0 amide bonds. The van der Waals surface area contributed by atoms with E-state index in [2.05, 4.69) is 12.2 Å². The van der Waals surface area contributed by atoms with Gasteiger partial charge in [-0.2, -0.15) is 0 Å². The van der Waals surface area contributed by atoms with E-state index < -0.39 is 0 Å². The summed E-state index contributed by atoms with van der Waals surface area (Å²) in [5.74, 6) is -0.172. The lowest BCUT2D eigenvalue weighted by Crippen LogP contribution is -2.32. The van der Waals surface area contributed by atoms with Gasteiger partial charge in [-0.1, -0.05) is 25.0 Å². The van der Waals surface area contributed by atoms with E-state index in [9.17, 15) is 4.39 Å². The molecule has 3 heteroatoms. The Labute approximate surface area is 115 Å². The SMILES string of the molecule is CC(Cc1ccc(F)cc1)NCCOC1CCCC1. The summed E-state index contributed by atoms with van der Waals surface area (Å²) in [5, 5.41) is 3.45. The lowest BCUT2D eigenvalue weighted by Gasteiger charge is -2.16. The molecule has 0 spiro atoms. The molecule has 1 aromatic carbocycles. The Morgan fingerprint density at radius 3 is 2.63 bits per heavy atom. The second kappa shape index (κ2) is 7.61. The maximum absolute atomic E-state index is 12.8. The van der Waals surface area contributed by atoms with Gasteiger partial charge in [0.25, 0.3) is 0 Å². The fraction of sp³-hybridized carbons (Fsp3) is 0.625. The van der Waals surface area contributed by atoms with E-state index in [4.69, 9.17) is 4.74 Å². The summed E-state index contributed by atoms with van der Waals surface area (Å²) in [6.07, 6.45) is 6.51. The quantitative estimate of drug-likeness (QED) is 0.764. The van der Waals surface area contributed by atoms with Crippen molar-refractivity contribution in [3.8, 4) is 0 Å². The highest BCUT2D eigenvalue weighted by Crippen LogP contribution is 2.20. The molecule has 0 bridgehead atoms. The molecule has 2 nitrogen and oxygen atoms in total. The van der Waals surface area contributed by atoms with Crippen LogP contribution in [0.25, 0.3) is 0 Å². The number of benzene rings is 1. The van der Waals surface area contributed by atoms with Crippen molar-refractivity contribution in [2.45, 2.75) is 51.2 Å². The van der Waals surface area contributed by atoms with Crippen molar-refractivity contribution in [1.82, 2.24) is 5.32 Å². The fourth-order valence-corrected chi connectivity index (χ4v) is 2.63. The number of hydrogen-bond donors (Lipinski definition) is 1. The maximum atomic E-state index is 12.8. The molecule has 1 N–H and O–H groups in total. The van der Waals surface area contributed by atoms with E-state index in [0.29, 0.717) is 12.1 Å². The lowest BCUT2D eigenvalue weighted by molar-refractivity contribution is 0.0593. The first-order chi connectivity index (χ1) is 9.24. The number of nitrogens with one attached hydrogen (secondary N) is 1. The minimum absolute atomic E-state index is 0.172. The van der Waals surface area contributed by atoms with Crippen molar-refractivity contribution in [3.05, 3.63) is 35.6 Å². The van der Waals surface area contributed by atoms with Gasteiger partial charge < -0.3 is 10.1 Å². The average Bonchev–Trinajstić information content (AvgIpc) is 2.91. The molecule has 0 heterocycles. The summed E-state index contributed by atoms with van der Waals surface area (Å²) >= 11 is 0. The maximum Gasteiger partial charge on any atom is 0.123 e. The summed E-state index contributed by atoms with van der Waals surface area (Å²) in [6, 6.07) is 7.12. The van der Waals surface area contributed by atoms with Crippen LogP contribution in [0.1, 0.15) is 38.2 Å². The minimum Gasteiger partial charge on any atom is -0.377 e. The number of hydrogen-bond acceptors (Lipinski definition) is 2. The topological polar surface area (TPSA) is 21.3 Å². The smallest absolute Gasteiger partial charge is 0.123 e. The Kier molecular flexibility index (Phi) is 5.80. The lowest BCUT2D eigenvalue weighted by atomic mass is 10.1. The van der Waals surface area contributed by atoms with Gasteiger partial charge >= 0.3 is 0 Å². The van der Waals surface area contributed by atoms with Crippen LogP contribution < -0.4 is 5.32 Å². The second-order valence-corrected chi connectivity index (χ2v) is 5.46. The van der Waals surface area contributed by atoms with E-state index in [1.54, 1.807) is 0 Å². The zero-order valence-corrected chi connectivity index (χ0v) is 11.7. The highest BCUT2D eigenvalue weighted by Gasteiger charge is 2.14. The Balaban J connectivity index is 1.58. The third-order valence-corrected chi connectivity index (χ3v) is 3.71. The normalized spacial score (nSPS) is 17.8.